The number of halogens is 2. The minimum absolute atomic E-state index is 0. The van der Waals surface area contributed by atoms with E-state index in [4.69, 9.17) is 24.4 Å². The van der Waals surface area contributed by atoms with E-state index in [2.05, 4.69) is 84.4 Å². The molecule has 65 heavy (non-hydrogen) atoms. The van der Waals surface area contributed by atoms with Gasteiger partial charge in [0.25, 0.3) is 20.2 Å². The van der Waals surface area contributed by atoms with Gasteiger partial charge >= 0.3 is 0 Å². The van der Waals surface area contributed by atoms with E-state index in [1.165, 1.54) is 28.4 Å². The van der Waals surface area contributed by atoms with Crippen molar-refractivity contribution in [2.24, 2.45) is 0 Å². The van der Waals surface area contributed by atoms with E-state index in [9.17, 15) is 31.8 Å². The number of carbonyl (C=O) groups is 1. The highest BCUT2D eigenvalue weighted by molar-refractivity contribution is 9.10. The molecular formula is C47H68Br2O14S2. The van der Waals surface area contributed by atoms with Crippen LogP contribution in [0.4, 0.5) is 0 Å². The summed E-state index contributed by atoms with van der Waals surface area (Å²) in [5, 5.41) is 37.4. The van der Waals surface area contributed by atoms with E-state index in [1.54, 1.807) is 0 Å². The van der Waals surface area contributed by atoms with Crippen molar-refractivity contribution in [2.45, 2.75) is 78.8 Å². The minimum Gasteiger partial charge on any atom is -0.392 e. The molecule has 4 heterocycles. The van der Waals surface area contributed by atoms with Crippen LogP contribution < -0.4 is 0 Å². The second kappa shape index (κ2) is 31.9. The topological polar surface area (TPSA) is 212 Å². The van der Waals surface area contributed by atoms with Gasteiger partial charge in [-0.1, -0.05) is 133 Å². The highest BCUT2D eigenvalue weighted by Crippen LogP contribution is 2.30. The summed E-state index contributed by atoms with van der Waals surface area (Å²) in [5.41, 5.74) is 4.66. The third-order valence-electron chi connectivity index (χ3n) is 8.85. The maximum atomic E-state index is 10.0. The molecule has 0 atom stereocenters. The van der Waals surface area contributed by atoms with Crippen molar-refractivity contribution >= 4 is 57.9 Å². The van der Waals surface area contributed by atoms with Gasteiger partial charge in [0.1, 0.15) is 24.4 Å². The smallest absolute Gasteiger partial charge is 0.278 e. The maximum Gasteiger partial charge on any atom is 0.278 e. The number of benzene rings is 4. The zero-order valence-corrected chi connectivity index (χ0v) is 40.9. The molecule has 0 saturated carbocycles. The van der Waals surface area contributed by atoms with Crippen molar-refractivity contribution < 1.29 is 64.6 Å². The first kappa shape index (κ1) is 62.1. The molecule has 0 spiro atoms. The fourth-order valence-corrected chi connectivity index (χ4v) is 7.97. The summed E-state index contributed by atoms with van der Waals surface area (Å²) >= 11 is 6.69. The second-order valence-corrected chi connectivity index (χ2v) is 19.8. The Labute approximate surface area is 403 Å². The van der Waals surface area contributed by atoms with Crippen LogP contribution in [0.1, 0.15) is 74.9 Å². The van der Waals surface area contributed by atoms with Crippen LogP contribution in [-0.4, -0.2) is 108 Å². The largest absolute Gasteiger partial charge is 0.392 e. The molecule has 366 valence electrons. The summed E-state index contributed by atoms with van der Waals surface area (Å²) in [5.74, 6) is 0.213. The normalized spacial score (nSPS) is 15.9. The van der Waals surface area contributed by atoms with Crippen LogP contribution in [-0.2, 0) is 84.9 Å². The Balaban J connectivity index is 0.000000748. The second-order valence-electron chi connectivity index (χ2n) is 14.6. The van der Waals surface area contributed by atoms with Crippen LogP contribution in [0, 0.1) is 0 Å². The maximum absolute atomic E-state index is 10.0. The lowest BCUT2D eigenvalue weighted by Gasteiger charge is -2.36. The van der Waals surface area contributed by atoms with Gasteiger partial charge in [0.2, 0.25) is 0 Å². The Morgan fingerprint density at radius 2 is 0.908 bits per heavy atom. The molecule has 0 unspecified atom stereocenters. The van der Waals surface area contributed by atoms with Gasteiger partial charge in [-0.3, -0.25) is 4.79 Å². The number of hydrogen-bond donors (Lipinski definition) is 4. The van der Waals surface area contributed by atoms with E-state index in [0.717, 1.165) is 52.8 Å². The molecule has 4 aliphatic heterocycles. The number of hydrogen-bond acceptors (Lipinski definition) is 14. The fraction of sp³-hybridized carbons (Fsp3) is 0.468. The van der Waals surface area contributed by atoms with Gasteiger partial charge in [0.15, 0.2) is 5.78 Å². The van der Waals surface area contributed by atoms with Gasteiger partial charge in [-0.15, -0.1) is 3.63 Å². The lowest BCUT2D eigenvalue weighted by Crippen LogP contribution is -2.46. The first-order chi connectivity index (χ1) is 29.7. The first-order valence-corrected chi connectivity index (χ1v) is 25.2. The van der Waals surface area contributed by atoms with Crippen molar-refractivity contribution in [2.75, 3.05) is 65.4 Å². The van der Waals surface area contributed by atoms with E-state index in [-0.39, 0.29) is 33.9 Å². The fourth-order valence-electron chi connectivity index (χ4n) is 5.28. The molecule has 0 aliphatic carbocycles. The van der Waals surface area contributed by atoms with Gasteiger partial charge in [0, 0.05) is 22.2 Å². The molecule has 4 aromatic carbocycles. The lowest BCUT2D eigenvalue weighted by molar-refractivity contribution is -0.184. The SMILES string of the molecule is C.C.C1CCOC1.CCc1cccc(Br)c1.CCc1cccc(C2(O)COC2)c1.CS(=O)(=O)OS(C)(=O)=O.O=C1COC1.OCc1cccc(Br)c1.OCc1cccc(C2(O)COC2)c1. The molecule has 14 nitrogen and oxygen atoms in total. The van der Waals surface area contributed by atoms with Crippen molar-refractivity contribution in [1.29, 1.82) is 0 Å². The predicted molar refractivity (Wildman–Crippen MR) is 261 cm³/mol. The quantitative estimate of drug-likeness (QED) is 0.136. The summed E-state index contributed by atoms with van der Waals surface area (Å²) < 4.78 is 65.3. The molecule has 4 N–H and O–H groups in total. The molecule has 18 heteroatoms. The molecule has 4 saturated heterocycles. The molecule has 0 bridgehead atoms. The Hall–Kier alpha value is -2.95. The van der Waals surface area contributed by atoms with Gasteiger partial charge in [-0.05, 0) is 83.3 Å². The van der Waals surface area contributed by atoms with Crippen molar-refractivity contribution in [3.8, 4) is 0 Å². The number of aliphatic hydroxyl groups is 4. The molecule has 0 amide bonds. The highest BCUT2D eigenvalue weighted by Gasteiger charge is 2.38. The third kappa shape index (κ3) is 26.3. The highest BCUT2D eigenvalue weighted by atomic mass is 79.9. The Morgan fingerprint density at radius 1 is 0.569 bits per heavy atom. The predicted octanol–water partition coefficient (Wildman–Crippen LogP) is 7.39. The monoisotopic (exact) mass is 1080 g/mol. The van der Waals surface area contributed by atoms with Gasteiger partial charge in [-0.2, -0.15) is 16.8 Å². The van der Waals surface area contributed by atoms with Crippen LogP contribution in [0.3, 0.4) is 0 Å². The summed E-state index contributed by atoms with van der Waals surface area (Å²) in [7, 11) is -7.74. The van der Waals surface area contributed by atoms with Crippen molar-refractivity contribution in [3.63, 3.8) is 0 Å². The molecule has 0 aromatic heterocycles. The molecule has 0 radical (unpaired) electrons. The minimum atomic E-state index is -3.87. The van der Waals surface area contributed by atoms with E-state index in [0.29, 0.717) is 52.2 Å². The Morgan fingerprint density at radius 3 is 1.14 bits per heavy atom. The van der Waals surface area contributed by atoms with Crippen LogP contribution in [0.5, 0.6) is 0 Å². The van der Waals surface area contributed by atoms with Crippen LogP contribution in [0.25, 0.3) is 0 Å². The molecule has 8 rings (SSSR count). The number of aryl methyl sites for hydroxylation is 2. The van der Waals surface area contributed by atoms with Crippen LogP contribution in [0.2, 0.25) is 0 Å². The van der Waals surface area contributed by atoms with Crippen LogP contribution >= 0.6 is 31.9 Å². The van der Waals surface area contributed by atoms with E-state index in [1.807, 2.05) is 66.7 Å². The third-order valence-corrected chi connectivity index (χ3v) is 11.8. The molecule has 4 aromatic rings. The summed E-state index contributed by atoms with van der Waals surface area (Å²) in [4.78, 5) is 9.77. The summed E-state index contributed by atoms with van der Waals surface area (Å²) in [6.07, 6.45) is 5.99. The Bertz CT molecular complexity index is 2020. The van der Waals surface area contributed by atoms with Crippen molar-refractivity contribution in [1.82, 2.24) is 0 Å². The van der Waals surface area contributed by atoms with Crippen LogP contribution in [0.15, 0.2) is 106 Å². The molecule has 4 aliphatic rings. The zero-order valence-electron chi connectivity index (χ0n) is 36.1. The lowest BCUT2D eigenvalue weighted by atomic mass is 9.91. The summed E-state index contributed by atoms with van der Waals surface area (Å²) in [6, 6.07) is 31.4. The van der Waals surface area contributed by atoms with Gasteiger partial charge in [0.05, 0.1) is 52.2 Å². The van der Waals surface area contributed by atoms with E-state index >= 15 is 0 Å². The van der Waals surface area contributed by atoms with E-state index < -0.39 is 31.4 Å². The summed E-state index contributed by atoms with van der Waals surface area (Å²) in [6.45, 7) is 8.64. The number of Topliss-reactive ketones (excluding diaryl/α,β-unsaturated/α-hetero) is 1. The number of ketones is 1. The average Bonchev–Trinajstić information content (AvgIpc) is 3.82. The molecular weight excluding hydrogens is 1010 g/mol. The number of carbonyl (C=O) groups excluding carboxylic acids is 1. The number of ether oxygens (including phenoxy) is 4. The average molecular weight is 1080 g/mol. The molecule has 4 fully saturated rings. The number of aliphatic hydroxyl groups excluding tert-OH is 2. The van der Waals surface area contributed by atoms with Gasteiger partial charge in [-0.25, -0.2) is 0 Å². The zero-order chi connectivity index (χ0) is 46.9. The van der Waals surface area contributed by atoms with Crippen molar-refractivity contribution in [3.05, 3.63) is 139 Å². The first-order valence-electron chi connectivity index (χ1n) is 20.0. The van der Waals surface area contributed by atoms with Gasteiger partial charge < -0.3 is 39.4 Å². The Kier molecular flexibility index (Phi) is 30.5. The number of rotatable bonds is 8. The standard InChI is InChI=1S/C11H14O2.C10H12O3.C8H9Br.C7H7BrO.C4H8O.C3H4O2.C2H6O5S2.2CH4/c1-2-9-4-3-5-10(6-9)11(12)7-13-8-11;11-5-8-2-1-3-9(4-8)10(12)6-13-7-10;1-2-7-4-3-5-8(9)6-7;8-7-3-1-2-6(4-7)5-9;1-2-4-5-3-1;4-3-1-5-2-3;1-8(3,4)7-9(2,5)6;;/h3-6,12H,2,7-8H2,1H3;1-4,11-12H,5-7H2;3-6H,2H2,1H3;1-4,9H,5H2;1-4H2;1-2H2;1-2H3;2*1H4.